The van der Waals surface area contributed by atoms with Crippen LogP contribution < -0.4 is 9.80 Å². The summed E-state index contributed by atoms with van der Waals surface area (Å²) in [6, 6.07) is 36.1. The number of para-hydroxylation sites is 2. The van der Waals surface area contributed by atoms with Gasteiger partial charge in [0.25, 0.3) is 0 Å². The molecule has 1 aliphatic rings. The van der Waals surface area contributed by atoms with Gasteiger partial charge in [0.05, 0.1) is 0 Å². The highest BCUT2D eigenvalue weighted by Gasteiger charge is 2.48. The number of rotatable bonds is 10. The van der Waals surface area contributed by atoms with Crippen LogP contribution in [0.15, 0.2) is 109 Å². The van der Waals surface area contributed by atoms with Gasteiger partial charge in [-0.2, -0.15) is 0 Å². The van der Waals surface area contributed by atoms with E-state index < -0.39 is 5.66 Å². The average Bonchev–Trinajstić information content (AvgIpc) is 3.34. The van der Waals surface area contributed by atoms with E-state index in [1.165, 1.54) is 44.8 Å². The highest BCUT2D eigenvalue weighted by molar-refractivity contribution is 5.75. The van der Waals surface area contributed by atoms with Crippen molar-refractivity contribution in [2.24, 2.45) is 0 Å². The fraction of sp³-hybridized carbons (Fsp3) is 0.366. The molecule has 1 heterocycles. The molecule has 0 radical (unpaired) electrons. The molecule has 0 spiro atoms. The summed E-state index contributed by atoms with van der Waals surface area (Å²) in [4.78, 5) is 5.33. The topological polar surface area (TPSA) is 6.48 Å². The van der Waals surface area contributed by atoms with Gasteiger partial charge in [0.15, 0.2) is 0 Å². The number of hydrogen-bond acceptors (Lipinski definition) is 2. The quantitative estimate of drug-likeness (QED) is 0.187. The Balaban J connectivity index is 1.87. The Morgan fingerprint density at radius 1 is 0.419 bits per heavy atom. The van der Waals surface area contributed by atoms with Crippen LogP contribution in [0, 0.1) is 0 Å². The minimum absolute atomic E-state index is 0.397. The van der Waals surface area contributed by atoms with Crippen molar-refractivity contribution in [1.82, 2.24) is 0 Å². The van der Waals surface area contributed by atoms with Crippen LogP contribution >= 0.6 is 0 Å². The summed E-state index contributed by atoms with van der Waals surface area (Å²) in [5, 5.41) is 0. The smallest absolute Gasteiger partial charge is 0.129 e. The Bertz CT molecular complexity index is 1360. The third kappa shape index (κ3) is 6.03. The lowest BCUT2D eigenvalue weighted by Gasteiger charge is -2.49. The fourth-order valence-corrected chi connectivity index (χ4v) is 6.92. The molecule has 0 N–H and O–H groups in total. The summed E-state index contributed by atoms with van der Waals surface area (Å²) in [5.74, 6) is 1.60. The first-order chi connectivity index (χ1) is 20.6. The molecule has 5 rings (SSSR count). The van der Waals surface area contributed by atoms with Gasteiger partial charge >= 0.3 is 0 Å². The lowest BCUT2D eigenvalue weighted by molar-refractivity contribution is 0.425. The summed E-state index contributed by atoms with van der Waals surface area (Å²) in [6.07, 6.45) is 6.54. The van der Waals surface area contributed by atoms with Crippen molar-refractivity contribution in [3.63, 3.8) is 0 Å². The third-order valence-electron chi connectivity index (χ3n) is 9.09. The molecule has 4 aromatic rings. The van der Waals surface area contributed by atoms with Crippen LogP contribution in [-0.2, 0) is 12.8 Å². The normalized spacial score (nSPS) is 14.6. The van der Waals surface area contributed by atoms with Gasteiger partial charge < -0.3 is 9.80 Å². The van der Waals surface area contributed by atoms with Gasteiger partial charge in [-0.1, -0.05) is 152 Å². The monoisotopic (exact) mass is 570 g/mol. The van der Waals surface area contributed by atoms with E-state index in [2.05, 4.69) is 175 Å². The molecule has 0 saturated carbocycles. The van der Waals surface area contributed by atoms with Gasteiger partial charge in [0.1, 0.15) is 5.66 Å². The van der Waals surface area contributed by atoms with E-state index in [0.29, 0.717) is 23.7 Å². The molecule has 0 saturated heterocycles. The first-order valence-corrected chi connectivity index (χ1v) is 16.2. The van der Waals surface area contributed by atoms with Crippen LogP contribution in [0.2, 0.25) is 0 Å². The van der Waals surface area contributed by atoms with E-state index in [1.807, 2.05) is 0 Å². The molecular weight excluding hydrogens is 520 g/mol. The zero-order chi connectivity index (χ0) is 30.7. The minimum Gasteiger partial charge on any atom is -0.321 e. The molecule has 0 aliphatic carbocycles. The highest BCUT2D eigenvalue weighted by atomic mass is 15.4. The Kier molecular flexibility index (Phi) is 9.16. The maximum absolute atomic E-state index is 2.67. The zero-order valence-corrected chi connectivity index (χ0v) is 27.5. The van der Waals surface area contributed by atoms with E-state index in [9.17, 15) is 0 Å². The summed E-state index contributed by atoms with van der Waals surface area (Å²) >= 11 is 0. The molecule has 43 heavy (non-hydrogen) atoms. The molecule has 0 amide bonds. The Hall–Kier alpha value is -3.78. The fourth-order valence-electron chi connectivity index (χ4n) is 6.92. The number of anilines is 2. The van der Waals surface area contributed by atoms with Gasteiger partial charge in [-0.25, -0.2) is 0 Å². The summed E-state index contributed by atoms with van der Waals surface area (Å²) in [7, 11) is 0. The Labute approximate surface area is 261 Å². The van der Waals surface area contributed by atoms with Gasteiger partial charge in [0, 0.05) is 36.6 Å². The molecule has 0 atom stereocenters. The summed E-state index contributed by atoms with van der Waals surface area (Å²) in [5.41, 5.74) is 10.7. The maximum atomic E-state index is 2.67. The second-order valence-corrected chi connectivity index (χ2v) is 13.5. The Morgan fingerprint density at radius 2 is 0.721 bits per heavy atom. The Morgan fingerprint density at radius 3 is 1.00 bits per heavy atom. The van der Waals surface area contributed by atoms with Crippen LogP contribution in [0.3, 0.4) is 0 Å². The molecule has 0 bridgehead atoms. The molecule has 0 unspecified atom stereocenters. The lowest BCUT2D eigenvalue weighted by atomic mass is 9.84. The first kappa shape index (κ1) is 30.7. The first-order valence-electron chi connectivity index (χ1n) is 16.2. The molecule has 4 aromatic carbocycles. The second-order valence-electron chi connectivity index (χ2n) is 13.5. The predicted molar refractivity (Wildman–Crippen MR) is 186 cm³/mol. The van der Waals surface area contributed by atoms with E-state index in [1.54, 1.807) is 0 Å². The van der Waals surface area contributed by atoms with Crippen LogP contribution in [0.1, 0.15) is 112 Å². The van der Waals surface area contributed by atoms with Gasteiger partial charge in [-0.05, 0) is 57.1 Å². The van der Waals surface area contributed by atoms with Crippen molar-refractivity contribution in [2.45, 2.75) is 97.6 Å². The standard InChI is InChI=1S/C41H50N2/c1-29(2)35-21-15-22-36(30(3)4)39(35)42-25-26-43(40-37(31(5)6)23-16-24-38(40)32(7)8)41(42,27-33-17-11-9-12-18-33)28-34-19-13-10-14-20-34/h9-26,29-32H,27-28H2,1-8H3. The number of hydrogen-bond donors (Lipinski definition) is 0. The summed E-state index contributed by atoms with van der Waals surface area (Å²) in [6.45, 7) is 18.7. The SMILES string of the molecule is CC(C)c1cccc(C(C)C)c1N1C=CN(c2c(C(C)C)cccc2C(C)C)C1(Cc1ccccc1)Cc1ccccc1. The van der Waals surface area contributed by atoms with Crippen molar-refractivity contribution in [2.75, 3.05) is 9.80 Å². The van der Waals surface area contributed by atoms with Crippen molar-refractivity contribution in [1.29, 1.82) is 0 Å². The third-order valence-corrected chi connectivity index (χ3v) is 9.09. The number of nitrogens with zero attached hydrogens (tertiary/aromatic N) is 2. The zero-order valence-electron chi connectivity index (χ0n) is 27.5. The van der Waals surface area contributed by atoms with E-state index in [4.69, 9.17) is 0 Å². The van der Waals surface area contributed by atoms with E-state index >= 15 is 0 Å². The number of benzene rings is 4. The predicted octanol–water partition coefficient (Wildman–Crippen LogP) is 11.2. The molecule has 0 aromatic heterocycles. The van der Waals surface area contributed by atoms with Crippen LogP contribution in [0.25, 0.3) is 0 Å². The molecular formula is C41H50N2. The van der Waals surface area contributed by atoms with Gasteiger partial charge in [0.2, 0.25) is 0 Å². The minimum atomic E-state index is -0.397. The van der Waals surface area contributed by atoms with Crippen LogP contribution in [0.4, 0.5) is 11.4 Å². The second kappa shape index (κ2) is 12.8. The van der Waals surface area contributed by atoms with E-state index in [-0.39, 0.29) is 0 Å². The van der Waals surface area contributed by atoms with Crippen molar-refractivity contribution >= 4 is 11.4 Å². The van der Waals surface area contributed by atoms with E-state index in [0.717, 1.165) is 12.8 Å². The largest absolute Gasteiger partial charge is 0.321 e. The average molecular weight is 571 g/mol. The van der Waals surface area contributed by atoms with Gasteiger partial charge in [-0.15, -0.1) is 0 Å². The molecule has 2 heteroatoms. The molecule has 224 valence electrons. The lowest BCUT2D eigenvalue weighted by Crippen LogP contribution is -2.58. The molecule has 2 nitrogen and oxygen atoms in total. The maximum Gasteiger partial charge on any atom is 0.129 e. The van der Waals surface area contributed by atoms with Crippen LogP contribution in [-0.4, -0.2) is 5.66 Å². The summed E-state index contributed by atoms with van der Waals surface area (Å²) < 4.78 is 0. The van der Waals surface area contributed by atoms with Crippen LogP contribution in [0.5, 0.6) is 0 Å². The molecule has 0 fully saturated rings. The highest BCUT2D eigenvalue weighted by Crippen LogP contribution is 2.49. The van der Waals surface area contributed by atoms with Gasteiger partial charge in [-0.3, -0.25) is 0 Å². The molecule has 1 aliphatic heterocycles. The van der Waals surface area contributed by atoms with Crippen molar-refractivity contribution in [3.8, 4) is 0 Å². The van der Waals surface area contributed by atoms with Crippen molar-refractivity contribution < 1.29 is 0 Å². The van der Waals surface area contributed by atoms with Crippen molar-refractivity contribution in [3.05, 3.63) is 143 Å².